The van der Waals surface area contributed by atoms with Gasteiger partial charge in [-0.15, -0.1) is 0 Å². The molecule has 0 radical (unpaired) electrons. The molecular weight excluding hydrogens is 347 g/mol. The minimum absolute atomic E-state index is 0.0296. The van der Waals surface area contributed by atoms with Crippen LogP contribution in [0.15, 0.2) is 18.5 Å². The molecule has 2 atom stereocenters. The van der Waals surface area contributed by atoms with Crippen molar-refractivity contribution >= 4 is 11.9 Å². The second-order valence-corrected chi connectivity index (χ2v) is 7.03. The summed E-state index contributed by atoms with van der Waals surface area (Å²) < 4.78 is 37.8. The van der Waals surface area contributed by atoms with E-state index in [1.807, 2.05) is 4.90 Å². The molecule has 2 fully saturated rings. The first-order valence-electron chi connectivity index (χ1n) is 9.02. The molecule has 3 heterocycles. The Labute approximate surface area is 150 Å². The third-order valence-corrected chi connectivity index (χ3v) is 4.88. The molecule has 2 aliphatic heterocycles. The Morgan fingerprint density at radius 2 is 1.88 bits per heavy atom. The molecule has 1 amide bonds. The topological polar surface area (TPSA) is 61.4 Å². The molecule has 0 aromatic carbocycles. The van der Waals surface area contributed by atoms with Crippen molar-refractivity contribution < 1.29 is 18.0 Å². The number of carbonyl (C=O) groups is 1. The highest BCUT2D eigenvalue weighted by atomic mass is 19.4. The Balaban J connectivity index is 1.52. The van der Waals surface area contributed by atoms with Gasteiger partial charge in [0.2, 0.25) is 11.9 Å². The van der Waals surface area contributed by atoms with Gasteiger partial charge in [0.05, 0.1) is 12.5 Å². The van der Waals surface area contributed by atoms with Crippen LogP contribution in [0.5, 0.6) is 0 Å². The summed E-state index contributed by atoms with van der Waals surface area (Å²) in [6.07, 6.45) is 2.16. The van der Waals surface area contributed by atoms with Gasteiger partial charge in [0.15, 0.2) is 0 Å². The Morgan fingerprint density at radius 3 is 2.62 bits per heavy atom. The average molecular weight is 371 g/mol. The summed E-state index contributed by atoms with van der Waals surface area (Å²) in [7, 11) is 0. The van der Waals surface area contributed by atoms with E-state index in [2.05, 4.69) is 15.3 Å². The highest BCUT2D eigenvalue weighted by Crippen LogP contribution is 2.23. The highest BCUT2D eigenvalue weighted by Gasteiger charge is 2.35. The number of aromatic nitrogens is 2. The zero-order valence-electron chi connectivity index (χ0n) is 14.6. The van der Waals surface area contributed by atoms with Crippen LogP contribution in [0.25, 0.3) is 0 Å². The number of nitrogens with one attached hydrogen (secondary N) is 1. The van der Waals surface area contributed by atoms with E-state index >= 15 is 0 Å². The summed E-state index contributed by atoms with van der Waals surface area (Å²) in [5, 5.41) is 3.03. The maximum atomic E-state index is 12.6. The lowest BCUT2D eigenvalue weighted by Gasteiger charge is -2.36. The van der Waals surface area contributed by atoms with Crippen LogP contribution in [0.1, 0.15) is 25.7 Å². The molecule has 1 N–H and O–H groups in total. The van der Waals surface area contributed by atoms with Crippen LogP contribution in [0.3, 0.4) is 0 Å². The van der Waals surface area contributed by atoms with Crippen LogP contribution in [0, 0.1) is 5.92 Å². The van der Waals surface area contributed by atoms with Gasteiger partial charge in [-0.05, 0) is 38.3 Å². The summed E-state index contributed by atoms with van der Waals surface area (Å²) in [5.41, 5.74) is 0. The third kappa shape index (κ3) is 5.30. The number of halogens is 3. The lowest BCUT2D eigenvalue weighted by molar-refractivity contribution is -0.152. The smallest absolute Gasteiger partial charge is 0.351 e. The first-order valence-corrected chi connectivity index (χ1v) is 9.02. The average Bonchev–Trinajstić information content (AvgIpc) is 2.61. The number of rotatable bonds is 4. The largest absolute Gasteiger partial charge is 0.401 e. The van der Waals surface area contributed by atoms with Gasteiger partial charge < -0.3 is 10.2 Å². The van der Waals surface area contributed by atoms with E-state index < -0.39 is 12.7 Å². The van der Waals surface area contributed by atoms with Crippen molar-refractivity contribution in [3.05, 3.63) is 18.5 Å². The number of anilines is 1. The molecular formula is C17H24F3N5O. The Hall–Kier alpha value is -1.90. The SMILES string of the molecule is O=C(NC1CCCN(c2ncccn2)C1)C1CCCN(CC(F)(F)F)C1. The fourth-order valence-corrected chi connectivity index (χ4v) is 3.72. The molecule has 2 aliphatic rings. The van der Waals surface area contributed by atoms with E-state index in [-0.39, 0.29) is 24.4 Å². The maximum Gasteiger partial charge on any atom is 0.401 e. The molecule has 0 saturated carbocycles. The quantitative estimate of drug-likeness (QED) is 0.875. The summed E-state index contributed by atoms with van der Waals surface area (Å²) in [5.74, 6) is 0.118. The van der Waals surface area contributed by atoms with Gasteiger partial charge in [-0.2, -0.15) is 13.2 Å². The van der Waals surface area contributed by atoms with Gasteiger partial charge in [0.1, 0.15) is 0 Å². The van der Waals surface area contributed by atoms with Crippen LogP contribution in [0.2, 0.25) is 0 Å². The summed E-state index contributed by atoms with van der Waals surface area (Å²) >= 11 is 0. The van der Waals surface area contributed by atoms with Crippen molar-refractivity contribution in [3.63, 3.8) is 0 Å². The molecule has 26 heavy (non-hydrogen) atoms. The third-order valence-electron chi connectivity index (χ3n) is 4.88. The molecule has 3 rings (SSSR count). The first-order chi connectivity index (χ1) is 12.4. The maximum absolute atomic E-state index is 12.6. The molecule has 1 aromatic rings. The minimum Gasteiger partial charge on any atom is -0.351 e. The molecule has 0 aliphatic carbocycles. The minimum atomic E-state index is -4.22. The van der Waals surface area contributed by atoms with Gasteiger partial charge in [-0.3, -0.25) is 9.69 Å². The van der Waals surface area contributed by atoms with Gasteiger partial charge in [0.25, 0.3) is 0 Å². The van der Waals surface area contributed by atoms with Gasteiger partial charge in [-0.1, -0.05) is 0 Å². The Morgan fingerprint density at radius 1 is 1.15 bits per heavy atom. The van der Waals surface area contributed by atoms with Gasteiger partial charge >= 0.3 is 6.18 Å². The number of alkyl halides is 3. The van der Waals surface area contributed by atoms with E-state index in [0.717, 1.165) is 19.4 Å². The fraction of sp³-hybridized carbons (Fsp3) is 0.706. The first kappa shape index (κ1) is 18.9. The van der Waals surface area contributed by atoms with E-state index in [1.165, 1.54) is 4.90 Å². The Kier molecular flexibility index (Phi) is 5.95. The molecule has 0 bridgehead atoms. The zero-order valence-corrected chi connectivity index (χ0v) is 14.6. The van der Waals surface area contributed by atoms with Crippen molar-refractivity contribution in [2.45, 2.75) is 37.9 Å². The summed E-state index contributed by atoms with van der Waals surface area (Å²) in [4.78, 5) is 24.4. The van der Waals surface area contributed by atoms with Crippen molar-refractivity contribution in [1.82, 2.24) is 20.2 Å². The van der Waals surface area contributed by atoms with Crippen LogP contribution in [-0.2, 0) is 4.79 Å². The predicted molar refractivity (Wildman–Crippen MR) is 90.6 cm³/mol. The van der Waals surface area contributed by atoms with Gasteiger partial charge in [-0.25, -0.2) is 9.97 Å². The number of likely N-dealkylation sites (tertiary alicyclic amines) is 1. The normalized spacial score (nSPS) is 25.1. The summed E-state index contributed by atoms with van der Waals surface area (Å²) in [6.45, 7) is 1.07. The number of carbonyl (C=O) groups excluding carboxylic acids is 1. The van der Waals surface area contributed by atoms with Crippen LogP contribution in [-0.4, -0.2) is 65.7 Å². The van der Waals surface area contributed by atoms with E-state index in [9.17, 15) is 18.0 Å². The second kappa shape index (κ2) is 8.20. The van der Waals surface area contributed by atoms with Crippen molar-refractivity contribution in [1.29, 1.82) is 0 Å². The van der Waals surface area contributed by atoms with Crippen molar-refractivity contribution in [3.8, 4) is 0 Å². The summed E-state index contributed by atoms with van der Waals surface area (Å²) in [6, 6.07) is 1.72. The molecule has 2 unspecified atom stereocenters. The molecule has 0 spiro atoms. The van der Waals surface area contributed by atoms with E-state index in [4.69, 9.17) is 0 Å². The number of hydrogen-bond acceptors (Lipinski definition) is 5. The number of amides is 1. The van der Waals surface area contributed by atoms with Crippen molar-refractivity contribution in [2.75, 3.05) is 37.6 Å². The standard InChI is InChI=1S/C17H24F3N5O/c18-17(19,20)12-24-8-1-4-13(10-24)15(26)23-14-5-2-9-25(11-14)16-21-6-3-7-22-16/h3,6-7,13-14H,1-2,4-5,8-12H2,(H,23,26). The highest BCUT2D eigenvalue weighted by molar-refractivity contribution is 5.79. The predicted octanol–water partition coefficient (Wildman–Crippen LogP) is 1.84. The lowest BCUT2D eigenvalue weighted by Crippen LogP contribution is -2.52. The van der Waals surface area contributed by atoms with E-state index in [0.29, 0.717) is 31.9 Å². The molecule has 144 valence electrons. The molecule has 6 nitrogen and oxygen atoms in total. The molecule has 1 aromatic heterocycles. The number of piperidine rings is 2. The Bertz CT molecular complexity index is 598. The monoisotopic (exact) mass is 371 g/mol. The van der Waals surface area contributed by atoms with Gasteiger partial charge in [0, 0.05) is 38.1 Å². The van der Waals surface area contributed by atoms with Crippen molar-refractivity contribution in [2.24, 2.45) is 5.92 Å². The van der Waals surface area contributed by atoms with Crippen LogP contribution >= 0.6 is 0 Å². The number of nitrogens with zero attached hydrogens (tertiary/aromatic N) is 4. The zero-order chi connectivity index (χ0) is 18.6. The van der Waals surface area contributed by atoms with E-state index in [1.54, 1.807) is 18.5 Å². The molecule has 9 heteroatoms. The fourth-order valence-electron chi connectivity index (χ4n) is 3.72. The molecule has 2 saturated heterocycles. The lowest BCUT2D eigenvalue weighted by atomic mass is 9.96. The second-order valence-electron chi connectivity index (χ2n) is 7.03. The van der Waals surface area contributed by atoms with Crippen LogP contribution in [0.4, 0.5) is 19.1 Å². The van der Waals surface area contributed by atoms with Crippen LogP contribution < -0.4 is 10.2 Å². The number of hydrogen-bond donors (Lipinski definition) is 1.